The molecule has 0 aromatic heterocycles. The molecule has 4 rings (SSSR count). The zero-order valence-corrected chi connectivity index (χ0v) is 11.7. The number of aliphatic hydroxyl groups excluding tert-OH is 2. The molecule has 6 heteroatoms. The topological polar surface area (TPSA) is 93.1 Å². The first kappa shape index (κ1) is 13.8. The zero-order valence-electron chi connectivity index (χ0n) is 11.7. The first-order chi connectivity index (χ1) is 9.41. The van der Waals surface area contributed by atoms with Gasteiger partial charge in [-0.15, -0.1) is 0 Å². The molecule has 0 aromatic carbocycles. The number of esters is 2. The zero-order chi connectivity index (χ0) is 14.7. The predicted molar refractivity (Wildman–Crippen MR) is 66.4 cm³/mol. The molecule has 4 fully saturated rings. The van der Waals surface area contributed by atoms with E-state index < -0.39 is 35.0 Å². The van der Waals surface area contributed by atoms with Crippen molar-refractivity contribution in [3.63, 3.8) is 0 Å². The van der Waals surface area contributed by atoms with Crippen LogP contribution in [0.1, 0.15) is 25.7 Å². The molecule has 0 aliphatic heterocycles. The minimum absolute atomic E-state index is 0.106. The minimum atomic E-state index is -1.08. The van der Waals surface area contributed by atoms with E-state index in [4.69, 9.17) is 9.47 Å². The molecule has 0 aromatic rings. The molecule has 20 heavy (non-hydrogen) atoms. The number of carbonyl (C=O) groups is 2. The van der Waals surface area contributed by atoms with Crippen molar-refractivity contribution in [2.45, 2.75) is 37.9 Å². The van der Waals surface area contributed by atoms with Crippen molar-refractivity contribution in [1.82, 2.24) is 0 Å². The summed E-state index contributed by atoms with van der Waals surface area (Å²) in [7, 11) is 2.57. The number of carbonyl (C=O) groups excluding carboxylic acids is 2. The number of ether oxygens (including phenoxy) is 2. The van der Waals surface area contributed by atoms with Crippen LogP contribution in [0.3, 0.4) is 0 Å². The monoisotopic (exact) mass is 284 g/mol. The Morgan fingerprint density at radius 2 is 1.35 bits per heavy atom. The van der Waals surface area contributed by atoms with Gasteiger partial charge >= 0.3 is 11.9 Å². The Kier molecular flexibility index (Phi) is 2.89. The van der Waals surface area contributed by atoms with Crippen molar-refractivity contribution >= 4 is 11.9 Å². The summed E-state index contributed by atoms with van der Waals surface area (Å²) < 4.78 is 9.73. The molecule has 112 valence electrons. The fourth-order valence-electron chi connectivity index (χ4n) is 4.99. The average molecular weight is 284 g/mol. The number of hydrogen-bond acceptors (Lipinski definition) is 6. The molecule has 0 radical (unpaired) electrons. The molecule has 6 nitrogen and oxygen atoms in total. The molecule has 6 atom stereocenters. The van der Waals surface area contributed by atoms with Gasteiger partial charge in [0.05, 0.1) is 37.3 Å². The van der Waals surface area contributed by atoms with Crippen molar-refractivity contribution in [2.75, 3.05) is 14.2 Å². The molecule has 2 unspecified atom stereocenters. The van der Waals surface area contributed by atoms with Gasteiger partial charge < -0.3 is 19.7 Å². The number of methoxy groups -OCH3 is 2. The SMILES string of the molecule is COC(=O)[C@]12C[C@H]3C[C@H](C[C@@](C(=O)OC)(C1)C3O)C2O. The van der Waals surface area contributed by atoms with Crippen LogP contribution >= 0.6 is 0 Å². The van der Waals surface area contributed by atoms with E-state index in [0.717, 1.165) is 0 Å². The molecule has 0 saturated heterocycles. The first-order valence-electron chi connectivity index (χ1n) is 6.94. The van der Waals surface area contributed by atoms with E-state index >= 15 is 0 Å². The van der Waals surface area contributed by atoms with Gasteiger partial charge in [-0.1, -0.05) is 0 Å². The van der Waals surface area contributed by atoms with E-state index in [0.29, 0.717) is 19.3 Å². The molecule has 4 bridgehead atoms. The van der Waals surface area contributed by atoms with Crippen LogP contribution in [0.25, 0.3) is 0 Å². The second-order valence-electron chi connectivity index (χ2n) is 6.53. The molecule has 0 heterocycles. The quantitative estimate of drug-likeness (QED) is 0.686. The molecular weight excluding hydrogens is 264 g/mol. The average Bonchev–Trinajstić information content (AvgIpc) is 2.44. The molecule has 2 N–H and O–H groups in total. The second kappa shape index (κ2) is 4.18. The highest BCUT2D eigenvalue weighted by atomic mass is 16.5. The summed E-state index contributed by atoms with van der Waals surface area (Å²) >= 11 is 0. The summed E-state index contributed by atoms with van der Waals surface area (Å²) in [4.78, 5) is 24.4. The van der Waals surface area contributed by atoms with Crippen LogP contribution in [-0.4, -0.2) is 48.6 Å². The van der Waals surface area contributed by atoms with Crippen molar-refractivity contribution in [3.8, 4) is 0 Å². The summed E-state index contributed by atoms with van der Waals surface area (Å²) in [6, 6.07) is 0. The Morgan fingerprint density at radius 3 is 1.70 bits per heavy atom. The Morgan fingerprint density at radius 1 is 0.950 bits per heavy atom. The highest BCUT2D eigenvalue weighted by molar-refractivity contribution is 5.84. The maximum absolute atomic E-state index is 12.2. The van der Waals surface area contributed by atoms with E-state index in [-0.39, 0.29) is 18.3 Å². The normalized spacial score (nSPS) is 49.0. The summed E-state index contributed by atoms with van der Waals surface area (Å²) in [5, 5.41) is 21.0. The third-order valence-electron chi connectivity index (χ3n) is 5.70. The number of rotatable bonds is 2. The van der Waals surface area contributed by atoms with Crippen LogP contribution in [0.2, 0.25) is 0 Å². The van der Waals surface area contributed by atoms with Gasteiger partial charge in [-0.25, -0.2) is 0 Å². The van der Waals surface area contributed by atoms with E-state index in [1.807, 2.05) is 0 Å². The van der Waals surface area contributed by atoms with Crippen molar-refractivity contribution < 1.29 is 29.3 Å². The van der Waals surface area contributed by atoms with Crippen LogP contribution in [0.4, 0.5) is 0 Å². The molecule has 4 saturated carbocycles. The number of hydrogen-bond donors (Lipinski definition) is 2. The van der Waals surface area contributed by atoms with Crippen LogP contribution in [0, 0.1) is 22.7 Å². The largest absolute Gasteiger partial charge is 0.469 e. The van der Waals surface area contributed by atoms with Crippen molar-refractivity contribution in [2.24, 2.45) is 22.7 Å². The van der Waals surface area contributed by atoms with E-state index in [1.165, 1.54) is 14.2 Å². The lowest BCUT2D eigenvalue weighted by molar-refractivity contribution is -0.247. The van der Waals surface area contributed by atoms with Gasteiger partial charge in [0, 0.05) is 0 Å². The van der Waals surface area contributed by atoms with Gasteiger partial charge in [0.25, 0.3) is 0 Å². The minimum Gasteiger partial charge on any atom is -0.469 e. The van der Waals surface area contributed by atoms with E-state index in [9.17, 15) is 19.8 Å². The Hall–Kier alpha value is -1.14. The lowest BCUT2D eigenvalue weighted by atomic mass is 9.42. The Balaban J connectivity index is 2.08. The third kappa shape index (κ3) is 1.41. The van der Waals surface area contributed by atoms with Crippen LogP contribution in [0.5, 0.6) is 0 Å². The van der Waals surface area contributed by atoms with Gasteiger partial charge in [0.1, 0.15) is 0 Å². The molecule has 0 amide bonds. The van der Waals surface area contributed by atoms with Crippen LogP contribution in [0.15, 0.2) is 0 Å². The fraction of sp³-hybridized carbons (Fsp3) is 0.857. The third-order valence-corrected chi connectivity index (χ3v) is 5.70. The summed E-state index contributed by atoms with van der Waals surface area (Å²) in [6.45, 7) is 0. The van der Waals surface area contributed by atoms with Gasteiger partial charge in [-0.2, -0.15) is 0 Å². The lowest BCUT2D eigenvalue weighted by Gasteiger charge is -2.63. The number of aliphatic hydroxyl groups is 2. The van der Waals surface area contributed by atoms with Gasteiger partial charge in [0.2, 0.25) is 0 Å². The lowest BCUT2D eigenvalue weighted by Crippen LogP contribution is -2.70. The van der Waals surface area contributed by atoms with Crippen LogP contribution < -0.4 is 0 Å². The summed E-state index contributed by atoms with van der Waals surface area (Å²) in [6.07, 6.45) is -0.129. The van der Waals surface area contributed by atoms with Gasteiger partial charge in [0.15, 0.2) is 0 Å². The van der Waals surface area contributed by atoms with Gasteiger partial charge in [-0.3, -0.25) is 9.59 Å². The van der Waals surface area contributed by atoms with Gasteiger partial charge in [-0.05, 0) is 37.5 Å². The first-order valence-corrected chi connectivity index (χ1v) is 6.94. The Labute approximate surface area is 117 Å². The van der Waals surface area contributed by atoms with Crippen molar-refractivity contribution in [3.05, 3.63) is 0 Å². The summed E-state index contributed by atoms with van der Waals surface area (Å²) in [5.41, 5.74) is -2.15. The van der Waals surface area contributed by atoms with E-state index in [1.54, 1.807) is 0 Å². The predicted octanol–water partition coefficient (Wildman–Crippen LogP) is -0.139. The van der Waals surface area contributed by atoms with Crippen LogP contribution in [-0.2, 0) is 19.1 Å². The molecule has 0 spiro atoms. The highest BCUT2D eigenvalue weighted by Crippen LogP contribution is 2.65. The standard InChI is InChI=1S/C14H20O6/c1-19-11(17)13-4-7-3-8(9(13)15)5-14(6-13,10(7)16)12(18)20-2/h7-10,15-16H,3-6H2,1-2H3/t7-,8-,9?,10?,13-,14-/m1/s1. The maximum Gasteiger partial charge on any atom is 0.314 e. The highest BCUT2D eigenvalue weighted by Gasteiger charge is 2.71. The smallest absolute Gasteiger partial charge is 0.314 e. The molecule has 4 aliphatic rings. The van der Waals surface area contributed by atoms with E-state index in [2.05, 4.69) is 0 Å². The molecular formula is C14H20O6. The summed E-state index contributed by atoms with van der Waals surface area (Å²) in [5.74, 6) is -1.30. The Bertz CT molecular complexity index is 423. The second-order valence-corrected chi connectivity index (χ2v) is 6.53. The van der Waals surface area contributed by atoms with Crippen molar-refractivity contribution in [1.29, 1.82) is 0 Å². The fourth-order valence-corrected chi connectivity index (χ4v) is 4.99. The molecule has 4 aliphatic carbocycles. The maximum atomic E-state index is 12.2.